The summed E-state index contributed by atoms with van der Waals surface area (Å²) in [6, 6.07) is 6.74. The lowest BCUT2D eigenvalue weighted by Crippen LogP contribution is -2.17. The molecule has 0 heterocycles. The van der Waals surface area contributed by atoms with Crippen LogP contribution < -0.4 is 4.74 Å². The third-order valence-corrected chi connectivity index (χ3v) is 2.37. The average molecular weight is 239 g/mol. The Labute approximate surface area is 98.0 Å². The van der Waals surface area contributed by atoms with Crippen molar-refractivity contribution < 1.29 is 19.6 Å². The summed E-state index contributed by atoms with van der Waals surface area (Å²) in [7, 11) is 1.45. The highest BCUT2D eigenvalue weighted by Gasteiger charge is 2.23. The number of ether oxygens (including phenoxy) is 1. The van der Waals surface area contributed by atoms with Crippen LogP contribution in [-0.4, -0.2) is 29.7 Å². The molecule has 0 bridgehead atoms. The van der Waals surface area contributed by atoms with Crippen LogP contribution in [0.2, 0.25) is 0 Å². The average Bonchev–Trinajstić information content (AvgIpc) is 2.27. The lowest BCUT2D eigenvalue weighted by Gasteiger charge is -2.14. The van der Waals surface area contributed by atoms with Crippen LogP contribution >= 0.6 is 0 Å². The van der Waals surface area contributed by atoms with Crippen molar-refractivity contribution in [1.29, 1.82) is 0 Å². The van der Waals surface area contributed by atoms with Crippen LogP contribution in [-0.2, 0) is 4.79 Å². The molecular formula is C11H13NO5. The Morgan fingerprint density at radius 3 is 2.71 bits per heavy atom. The normalized spacial score (nSPS) is 11.8. The molecule has 0 radical (unpaired) electrons. The van der Waals surface area contributed by atoms with Crippen LogP contribution in [0.15, 0.2) is 24.3 Å². The number of methoxy groups -OCH3 is 1. The maximum Gasteiger partial charge on any atom is 0.304 e. The molecule has 1 N–H and O–H groups in total. The maximum atomic E-state index is 10.7. The molecule has 0 aliphatic heterocycles. The molecule has 1 rings (SSSR count). The molecular weight excluding hydrogens is 226 g/mol. The first-order valence-corrected chi connectivity index (χ1v) is 5.01. The monoisotopic (exact) mass is 239 g/mol. The number of aliphatic carboxylic acids is 1. The number of rotatable bonds is 6. The SMILES string of the molecule is COc1ccccc1C(CC(=O)O)C[N+](=O)[O-]. The predicted octanol–water partition coefficient (Wildman–Crippen LogP) is 1.53. The van der Waals surface area contributed by atoms with Gasteiger partial charge < -0.3 is 9.84 Å². The summed E-state index contributed by atoms with van der Waals surface area (Å²) < 4.78 is 5.07. The molecule has 0 saturated carbocycles. The zero-order valence-electron chi connectivity index (χ0n) is 9.33. The van der Waals surface area contributed by atoms with Crippen LogP contribution in [0.5, 0.6) is 5.75 Å². The highest BCUT2D eigenvalue weighted by molar-refractivity contribution is 5.68. The van der Waals surface area contributed by atoms with Gasteiger partial charge in [0, 0.05) is 10.5 Å². The van der Waals surface area contributed by atoms with Gasteiger partial charge in [0.2, 0.25) is 6.54 Å². The summed E-state index contributed by atoms with van der Waals surface area (Å²) in [5.41, 5.74) is 0.550. The second kappa shape index (κ2) is 5.83. The van der Waals surface area contributed by atoms with E-state index in [0.717, 1.165) is 0 Å². The molecule has 1 atom stereocenters. The number of nitro groups is 1. The molecule has 0 fully saturated rings. The summed E-state index contributed by atoms with van der Waals surface area (Å²) in [6.45, 7) is -0.424. The Bertz CT molecular complexity index is 402. The Hall–Kier alpha value is -2.11. The van der Waals surface area contributed by atoms with E-state index in [0.29, 0.717) is 11.3 Å². The van der Waals surface area contributed by atoms with Gasteiger partial charge in [0.25, 0.3) is 0 Å². The van der Waals surface area contributed by atoms with E-state index < -0.39 is 23.4 Å². The number of para-hydroxylation sites is 1. The summed E-state index contributed by atoms with van der Waals surface area (Å²) in [5.74, 6) is -1.28. The highest BCUT2D eigenvalue weighted by atomic mass is 16.6. The van der Waals surface area contributed by atoms with Gasteiger partial charge in [-0.15, -0.1) is 0 Å². The molecule has 0 aliphatic carbocycles. The van der Waals surface area contributed by atoms with E-state index in [9.17, 15) is 14.9 Å². The summed E-state index contributed by atoms with van der Waals surface area (Å²) in [4.78, 5) is 20.7. The van der Waals surface area contributed by atoms with E-state index >= 15 is 0 Å². The van der Waals surface area contributed by atoms with Gasteiger partial charge in [-0.3, -0.25) is 14.9 Å². The van der Waals surface area contributed by atoms with Gasteiger partial charge in [0.1, 0.15) is 5.75 Å². The van der Waals surface area contributed by atoms with Crippen LogP contribution in [0.25, 0.3) is 0 Å². The zero-order valence-corrected chi connectivity index (χ0v) is 9.33. The molecule has 0 aromatic heterocycles. The smallest absolute Gasteiger partial charge is 0.304 e. The fraction of sp³-hybridized carbons (Fsp3) is 0.364. The Morgan fingerprint density at radius 1 is 1.53 bits per heavy atom. The molecule has 1 aromatic rings. The molecule has 17 heavy (non-hydrogen) atoms. The first-order valence-electron chi connectivity index (χ1n) is 5.01. The lowest BCUT2D eigenvalue weighted by atomic mass is 9.95. The minimum absolute atomic E-state index is 0.290. The summed E-state index contributed by atoms with van der Waals surface area (Å²) >= 11 is 0. The number of hydrogen-bond donors (Lipinski definition) is 1. The predicted molar refractivity (Wildman–Crippen MR) is 59.8 cm³/mol. The largest absolute Gasteiger partial charge is 0.496 e. The Morgan fingerprint density at radius 2 is 2.18 bits per heavy atom. The van der Waals surface area contributed by atoms with E-state index in [1.807, 2.05) is 0 Å². The van der Waals surface area contributed by atoms with E-state index in [4.69, 9.17) is 9.84 Å². The minimum Gasteiger partial charge on any atom is -0.496 e. The van der Waals surface area contributed by atoms with E-state index in [1.54, 1.807) is 24.3 Å². The quantitative estimate of drug-likeness (QED) is 0.600. The molecule has 0 saturated heterocycles. The molecule has 1 aromatic carbocycles. The van der Waals surface area contributed by atoms with Crippen LogP contribution in [0.4, 0.5) is 0 Å². The number of benzene rings is 1. The van der Waals surface area contributed by atoms with Gasteiger partial charge in [0.15, 0.2) is 0 Å². The maximum absolute atomic E-state index is 10.7. The summed E-state index contributed by atoms with van der Waals surface area (Å²) in [6.07, 6.45) is -0.290. The first-order chi connectivity index (χ1) is 8.04. The fourth-order valence-electron chi connectivity index (χ4n) is 1.67. The Kier molecular flexibility index (Phi) is 4.45. The van der Waals surface area contributed by atoms with Crippen molar-refractivity contribution in [3.8, 4) is 5.75 Å². The van der Waals surface area contributed by atoms with Crippen molar-refractivity contribution in [3.05, 3.63) is 39.9 Å². The van der Waals surface area contributed by atoms with Gasteiger partial charge in [0.05, 0.1) is 19.4 Å². The molecule has 0 amide bonds. The van der Waals surface area contributed by atoms with Crippen LogP contribution in [0.3, 0.4) is 0 Å². The van der Waals surface area contributed by atoms with Crippen molar-refractivity contribution in [3.63, 3.8) is 0 Å². The van der Waals surface area contributed by atoms with E-state index in [2.05, 4.69) is 0 Å². The van der Waals surface area contributed by atoms with Crippen molar-refractivity contribution >= 4 is 5.97 Å². The van der Waals surface area contributed by atoms with Crippen LogP contribution in [0.1, 0.15) is 17.9 Å². The van der Waals surface area contributed by atoms with Crippen molar-refractivity contribution in [2.75, 3.05) is 13.7 Å². The van der Waals surface area contributed by atoms with Gasteiger partial charge in [-0.2, -0.15) is 0 Å². The van der Waals surface area contributed by atoms with Gasteiger partial charge >= 0.3 is 5.97 Å². The second-order valence-electron chi connectivity index (χ2n) is 3.55. The van der Waals surface area contributed by atoms with Crippen molar-refractivity contribution in [2.45, 2.75) is 12.3 Å². The molecule has 92 valence electrons. The number of carboxylic acids is 1. The summed E-state index contributed by atoms with van der Waals surface area (Å²) in [5, 5.41) is 19.3. The third kappa shape index (κ3) is 3.75. The number of carbonyl (C=O) groups is 1. The van der Waals surface area contributed by atoms with Gasteiger partial charge in [-0.05, 0) is 6.07 Å². The topological polar surface area (TPSA) is 89.7 Å². The number of hydrogen-bond acceptors (Lipinski definition) is 4. The molecule has 1 unspecified atom stereocenters. The van der Waals surface area contributed by atoms with E-state index in [-0.39, 0.29) is 6.42 Å². The minimum atomic E-state index is -1.07. The Balaban J connectivity index is 3.02. The third-order valence-electron chi connectivity index (χ3n) is 2.37. The standard InChI is InChI=1S/C11H13NO5/c1-17-10-5-3-2-4-9(10)8(6-11(13)14)7-12(15)16/h2-5,8H,6-7H2,1H3,(H,13,14). The van der Waals surface area contributed by atoms with Gasteiger partial charge in [-0.25, -0.2) is 0 Å². The second-order valence-corrected chi connectivity index (χ2v) is 3.55. The fourth-order valence-corrected chi connectivity index (χ4v) is 1.67. The first kappa shape index (κ1) is 13.0. The van der Waals surface area contributed by atoms with E-state index in [1.165, 1.54) is 7.11 Å². The zero-order chi connectivity index (χ0) is 12.8. The molecule has 6 heteroatoms. The van der Waals surface area contributed by atoms with Crippen LogP contribution in [0, 0.1) is 10.1 Å². The van der Waals surface area contributed by atoms with Gasteiger partial charge in [-0.1, -0.05) is 18.2 Å². The molecule has 6 nitrogen and oxygen atoms in total. The highest BCUT2D eigenvalue weighted by Crippen LogP contribution is 2.28. The molecule has 0 spiro atoms. The van der Waals surface area contributed by atoms with Crippen molar-refractivity contribution in [1.82, 2.24) is 0 Å². The van der Waals surface area contributed by atoms with Crippen molar-refractivity contribution in [2.24, 2.45) is 0 Å². The lowest BCUT2D eigenvalue weighted by molar-refractivity contribution is -0.483. The molecule has 0 aliphatic rings. The number of nitrogens with zero attached hydrogens (tertiary/aromatic N) is 1. The number of carboxylic acid groups (broad SMARTS) is 1.